The number of carbonyl (C=O) groups is 1. The minimum Gasteiger partial charge on any atom is -0.507 e. The summed E-state index contributed by atoms with van der Waals surface area (Å²) in [5.41, 5.74) is 0.428. The van der Waals surface area contributed by atoms with Gasteiger partial charge in [-0.15, -0.1) is 0 Å². The Morgan fingerprint density at radius 2 is 2.00 bits per heavy atom. The Balaban J connectivity index is 2.58. The molecule has 0 amide bonds. The summed E-state index contributed by atoms with van der Waals surface area (Å²) in [5.74, 6) is -0.239. The van der Waals surface area contributed by atoms with Crippen LogP contribution in [0.15, 0.2) is 18.2 Å². The van der Waals surface area contributed by atoms with E-state index in [-0.39, 0.29) is 29.9 Å². The number of phenolic OH excluding ortho intramolecular Hbond substituents is 2. The predicted octanol–water partition coefficient (Wildman–Crippen LogP) is 1.31. The third-order valence-electron chi connectivity index (χ3n) is 2.50. The van der Waals surface area contributed by atoms with Crippen molar-refractivity contribution in [3.8, 4) is 11.5 Å². The molecule has 1 rings (SSSR count). The molecule has 0 fully saturated rings. The maximum Gasteiger partial charge on any atom is 0.306 e. The van der Waals surface area contributed by atoms with Gasteiger partial charge in [0, 0.05) is 12.6 Å². The maximum atomic E-state index is 10.9. The van der Waals surface area contributed by atoms with Crippen molar-refractivity contribution in [1.82, 2.24) is 5.32 Å². The molecule has 0 heterocycles. The molecule has 0 aromatic heterocycles. The summed E-state index contributed by atoms with van der Waals surface area (Å²) >= 11 is 0. The van der Waals surface area contributed by atoms with Gasteiger partial charge in [-0.2, -0.15) is 0 Å². The molecule has 0 bridgehead atoms. The van der Waals surface area contributed by atoms with Crippen LogP contribution in [0.2, 0.25) is 0 Å². The number of carbonyl (C=O) groups excluding carboxylic acids is 1. The number of esters is 1. The number of nitrogens with one attached hydrogen (secondary N) is 1. The van der Waals surface area contributed by atoms with Crippen LogP contribution in [-0.2, 0) is 9.53 Å². The summed E-state index contributed by atoms with van der Waals surface area (Å²) in [6.45, 7) is 2.22. The van der Waals surface area contributed by atoms with Crippen LogP contribution in [0.1, 0.15) is 24.9 Å². The van der Waals surface area contributed by atoms with Crippen molar-refractivity contribution < 1.29 is 19.7 Å². The molecule has 3 N–H and O–H groups in total. The molecule has 5 nitrogen and oxygen atoms in total. The van der Waals surface area contributed by atoms with E-state index in [2.05, 4.69) is 10.1 Å². The number of aromatic hydroxyl groups is 2. The molecule has 5 heteroatoms. The highest BCUT2D eigenvalue weighted by Gasteiger charge is 2.14. The molecule has 1 aromatic carbocycles. The normalized spacial score (nSPS) is 12.1. The van der Waals surface area contributed by atoms with Crippen LogP contribution in [0.4, 0.5) is 0 Å². The van der Waals surface area contributed by atoms with E-state index >= 15 is 0 Å². The fourth-order valence-corrected chi connectivity index (χ4v) is 1.58. The molecular formula is C12H17NO4. The first-order valence-electron chi connectivity index (χ1n) is 5.37. The van der Waals surface area contributed by atoms with Gasteiger partial charge in [0.05, 0.1) is 19.1 Å². The van der Waals surface area contributed by atoms with Gasteiger partial charge >= 0.3 is 5.97 Å². The second-order valence-corrected chi connectivity index (χ2v) is 3.71. The lowest BCUT2D eigenvalue weighted by atomic mass is 10.1. The van der Waals surface area contributed by atoms with Gasteiger partial charge in [0.25, 0.3) is 0 Å². The molecule has 0 aliphatic rings. The second kappa shape index (κ2) is 6.10. The minimum atomic E-state index is -0.300. The van der Waals surface area contributed by atoms with Crippen molar-refractivity contribution in [3.05, 3.63) is 23.8 Å². The van der Waals surface area contributed by atoms with Gasteiger partial charge in [0.1, 0.15) is 11.5 Å². The summed E-state index contributed by atoms with van der Waals surface area (Å²) in [6.07, 6.45) is 0.245. The van der Waals surface area contributed by atoms with E-state index in [1.54, 1.807) is 13.0 Å². The van der Waals surface area contributed by atoms with Crippen molar-refractivity contribution in [3.63, 3.8) is 0 Å². The molecule has 0 saturated carbocycles. The SMILES string of the molecule is COC(=O)CCNC(C)c1c(O)cccc1O. The highest BCUT2D eigenvalue weighted by molar-refractivity contribution is 5.69. The minimum absolute atomic E-state index is 0.0306. The fraction of sp³-hybridized carbons (Fsp3) is 0.417. The van der Waals surface area contributed by atoms with Gasteiger partial charge < -0.3 is 20.3 Å². The van der Waals surface area contributed by atoms with Crippen molar-refractivity contribution >= 4 is 5.97 Å². The Kier molecular flexibility index (Phi) is 4.78. The van der Waals surface area contributed by atoms with Crippen LogP contribution in [0.3, 0.4) is 0 Å². The molecule has 1 atom stereocenters. The van der Waals surface area contributed by atoms with E-state index in [1.807, 2.05) is 0 Å². The number of benzene rings is 1. The van der Waals surface area contributed by atoms with Crippen molar-refractivity contribution in [2.24, 2.45) is 0 Å². The van der Waals surface area contributed by atoms with Crippen LogP contribution < -0.4 is 5.32 Å². The van der Waals surface area contributed by atoms with Crippen molar-refractivity contribution in [1.29, 1.82) is 0 Å². The Hall–Kier alpha value is -1.75. The average Bonchev–Trinajstić information content (AvgIpc) is 2.28. The van der Waals surface area contributed by atoms with Crippen molar-refractivity contribution in [2.75, 3.05) is 13.7 Å². The number of hydrogen-bond donors (Lipinski definition) is 3. The number of rotatable bonds is 5. The molecular weight excluding hydrogens is 222 g/mol. The summed E-state index contributed by atoms with van der Waals surface area (Å²) in [7, 11) is 1.33. The van der Waals surface area contributed by atoms with Crippen LogP contribution >= 0.6 is 0 Å². The third kappa shape index (κ3) is 3.64. The Labute approximate surface area is 100 Å². The van der Waals surface area contributed by atoms with Gasteiger partial charge in [-0.05, 0) is 19.1 Å². The van der Waals surface area contributed by atoms with Crippen molar-refractivity contribution in [2.45, 2.75) is 19.4 Å². The van der Waals surface area contributed by atoms with Gasteiger partial charge in [0.2, 0.25) is 0 Å². The van der Waals surface area contributed by atoms with Crippen LogP contribution in [0, 0.1) is 0 Å². The first-order chi connectivity index (χ1) is 8.06. The Morgan fingerprint density at radius 1 is 1.41 bits per heavy atom. The fourth-order valence-electron chi connectivity index (χ4n) is 1.58. The zero-order chi connectivity index (χ0) is 12.8. The van der Waals surface area contributed by atoms with E-state index in [1.165, 1.54) is 19.2 Å². The third-order valence-corrected chi connectivity index (χ3v) is 2.50. The molecule has 94 valence electrons. The largest absolute Gasteiger partial charge is 0.507 e. The molecule has 0 radical (unpaired) electrons. The van der Waals surface area contributed by atoms with E-state index in [4.69, 9.17) is 0 Å². The first kappa shape index (κ1) is 13.3. The molecule has 0 aliphatic heterocycles. The quantitative estimate of drug-likeness (QED) is 0.675. The summed E-state index contributed by atoms with van der Waals surface area (Å²) in [4.78, 5) is 10.9. The highest BCUT2D eigenvalue weighted by atomic mass is 16.5. The Bertz CT molecular complexity index is 372. The van der Waals surface area contributed by atoms with Crippen LogP contribution in [0.25, 0.3) is 0 Å². The molecule has 1 aromatic rings. The smallest absolute Gasteiger partial charge is 0.306 e. The molecule has 1 unspecified atom stereocenters. The molecule has 0 spiro atoms. The second-order valence-electron chi connectivity index (χ2n) is 3.71. The van der Waals surface area contributed by atoms with E-state index in [9.17, 15) is 15.0 Å². The summed E-state index contributed by atoms with van der Waals surface area (Å²) in [6, 6.07) is 4.33. The maximum absolute atomic E-state index is 10.9. The number of ether oxygens (including phenoxy) is 1. The topological polar surface area (TPSA) is 78.8 Å². The molecule has 0 aliphatic carbocycles. The number of hydrogen-bond acceptors (Lipinski definition) is 5. The van der Waals surface area contributed by atoms with Gasteiger partial charge in [-0.3, -0.25) is 4.79 Å². The Morgan fingerprint density at radius 3 is 2.53 bits per heavy atom. The zero-order valence-corrected chi connectivity index (χ0v) is 9.93. The van der Waals surface area contributed by atoms with Crippen LogP contribution in [-0.4, -0.2) is 29.8 Å². The lowest BCUT2D eigenvalue weighted by molar-refractivity contribution is -0.140. The van der Waals surface area contributed by atoms with Crippen LogP contribution in [0.5, 0.6) is 11.5 Å². The first-order valence-corrected chi connectivity index (χ1v) is 5.37. The number of methoxy groups -OCH3 is 1. The van der Waals surface area contributed by atoms with Gasteiger partial charge in [-0.1, -0.05) is 6.07 Å². The van der Waals surface area contributed by atoms with Gasteiger partial charge in [0.15, 0.2) is 0 Å². The predicted molar refractivity (Wildman–Crippen MR) is 62.8 cm³/mol. The molecule has 17 heavy (non-hydrogen) atoms. The lowest BCUT2D eigenvalue weighted by Crippen LogP contribution is -2.22. The number of phenols is 2. The summed E-state index contributed by atoms with van der Waals surface area (Å²) in [5, 5.41) is 22.3. The molecule has 0 saturated heterocycles. The summed E-state index contributed by atoms with van der Waals surface area (Å²) < 4.78 is 4.51. The lowest BCUT2D eigenvalue weighted by Gasteiger charge is -2.16. The zero-order valence-electron chi connectivity index (χ0n) is 9.93. The average molecular weight is 239 g/mol. The monoisotopic (exact) mass is 239 g/mol. The standard InChI is InChI=1S/C12H17NO4/c1-8(13-7-6-11(16)17-2)12-9(14)4-3-5-10(12)15/h3-5,8,13-15H,6-7H2,1-2H3. The van der Waals surface area contributed by atoms with E-state index < -0.39 is 0 Å². The van der Waals surface area contributed by atoms with Gasteiger partial charge in [-0.25, -0.2) is 0 Å². The van der Waals surface area contributed by atoms with E-state index in [0.717, 1.165) is 0 Å². The van der Waals surface area contributed by atoms with E-state index in [0.29, 0.717) is 12.1 Å². The highest BCUT2D eigenvalue weighted by Crippen LogP contribution is 2.31.